The molecule has 158 valence electrons. The van der Waals surface area contributed by atoms with Crippen LogP contribution in [-0.4, -0.2) is 9.55 Å². The number of hydrogen-bond donors (Lipinski definition) is 0. The highest BCUT2D eigenvalue weighted by atomic mass is 15.0. The van der Waals surface area contributed by atoms with Crippen molar-refractivity contribution in [3.05, 3.63) is 115 Å². The van der Waals surface area contributed by atoms with Gasteiger partial charge in [0.15, 0.2) is 0 Å². The molecule has 6 aromatic rings. The van der Waals surface area contributed by atoms with E-state index in [1.807, 2.05) is 6.07 Å². The standard InChI is InChI=1S/C31H24N2/c1-2-33-30-18-16-24(22-10-5-3-6-11-22)20-26(30)27-21-25(17-19-31(27)33)29-15-9-14-28(32-29)23-12-7-4-8-13-23/h3-21H,2H2,1H3. The van der Waals surface area contributed by atoms with Crippen LogP contribution in [0.3, 0.4) is 0 Å². The van der Waals surface area contributed by atoms with Gasteiger partial charge in [-0.05, 0) is 54.4 Å². The van der Waals surface area contributed by atoms with E-state index in [9.17, 15) is 0 Å². The predicted molar refractivity (Wildman–Crippen MR) is 139 cm³/mol. The van der Waals surface area contributed by atoms with Crippen molar-refractivity contribution in [3.8, 4) is 33.6 Å². The van der Waals surface area contributed by atoms with Crippen LogP contribution in [0.2, 0.25) is 0 Å². The molecule has 2 aromatic heterocycles. The molecule has 33 heavy (non-hydrogen) atoms. The number of rotatable bonds is 4. The van der Waals surface area contributed by atoms with Crippen molar-refractivity contribution in [2.45, 2.75) is 13.5 Å². The van der Waals surface area contributed by atoms with Gasteiger partial charge in [0.05, 0.1) is 11.4 Å². The lowest BCUT2D eigenvalue weighted by Crippen LogP contribution is -1.93. The molecule has 6 rings (SSSR count). The maximum atomic E-state index is 4.99. The molecule has 0 atom stereocenters. The molecule has 0 radical (unpaired) electrons. The Kier molecular flexibility index (Phi) is 4.77. The van der Waals surface area contributed by atoms with Gasteiger partial charge in [-0.25, -0.2) is 4.98 Å². The molecule has 0 amide bonds. The Bertz CT molecular complexity index is 1580. The highest BCUT2D eigenvalue weighted by Gasteiger charge is 2.13. The third-order valence-corrected chi connectivity index (χ3v) is 6.40. The predicted octanol–water partition coefficient (Wildman–Crippen LogP) is 8.21. The summed E-state index contributed by atoms with van der Waals surface area (Å²) in [6.07, 6.45) is 0. The lowest BCUT2D eigenvalue weighted by atomic mass is 10.0. The van der Waals surface area contributed by atoms with E-state index in [0.29, 0.717) is 0 Å². The summed E-state index contributed by atoms with van der Waals surface area (Å²) in [6.45, 7) is 3.15. The summed E-state index contributed by atoms with van der Waals surface area (Å²) in [7, 11) is 0. The van der Waals surface area contributed by atoms with E-state index in [1.165, 1.54) is 32.9 Å². The van der Waals surface area contributed by atoms with E-state index >= 15 is 0 Å². The van der Waals surface area contributed by atoms with E-state index in [4.69, 9.17) is 4.98 Å². The third kappa shape index (κ3) is 3.41. The van der Waals surface area contributed by atoms with Crippen molar-refractivity contribution >= 4 is 21.8 Å². The van der Waals surface area contributed by atoms with E-state index in [0.717, 1.165) is 29.1 Å². The van der Waals surface area contributed by atoms with Crippen molar-refractivity contribution < 1.29 is 0 Å². The molecule has 0 N–H and O–H groups in total. The molecule has 0 saturated carbocycles. The fourth-order valence-electron chi connectivity index (χ4n) is 4.78. The van der Waals surface area contributed by atoms with Crippen molar-refractivity contribution in [2.75, 3.05) is 0 Å². The van der Waals surface area contributed by atoms with Crippen molar-refractivity contribution in [2.24, 2.45) is 0 Å². The summed E-state index contributed by atoms with van der Waals surface area (Å²) in [5.41, 5.74) is 9.29. The summed E-state index contributed by atoms with van der Waals surface area (Å²) >= 11 is 0. The monoisotopic (exact) mass is 424 g/mol. The number of hydrogen-bond acceptors (Lipinski definition) is 1. The van der Waals surface area contributed by atoms with E-state index in [1.54, 1.807) is 0 Å². The first kappa shape index (κ1) is 19.5. The number of benzene rings is 4. The summed E-state index contributed by atoms with van der Waals surface area (Å²) in [5, 5.41) is 2.56. The van der Waals surface area contributed by atoms with Crippen LogP contribution in [0.1, 0.15) is 6.92 Å². The molecule has 0 unspecified atom stereocenters. The highest BCUT2D eigenvalue weighted by Crippen LogP contribution is 2.35. The third-order valence-electron chi connectivity index (χ3n) is 6.40. The Balaban J connectivity index is 1.53. The van der Waals surface area contributed by atoms with Crippen LogP contribution < -0.4 is 0 Å². The largest absolute Gasteiger partial charge is 0.341 e. The van der Waals surface area contributed by atoms with Gasteiger partial charge in [-0.3, -0.25) is 0 Å². The second-order valence-corrected chi connectivity index (χ2v) is 8.35. The Morgan fingerprint density at radius 1 is 0.515 bits per heavy atom. The SMILES string of the molecule is CCn1c2ccc(-c3ccccc3)cc2c2cc(-c3cccc(-c4ccccc4)n3)ccc21. The van der Waals surface area contributed by atoms with Gasteiger partial charge >= 0.3 is 0 Å². The van der Waals surface area contributed by atoms with Gasteiger partial charge in [0, 0.05) is 39.5 Å². The normalized spacial score (nSPS) is 11.3. The fraction of sp³-hybridized carbons (Fsp3) is 0.0645. The smallest absolute Gasteiger partial charge is 0.0709 e. The highest BCUT2D eigenvalue weighted by molar-refractivity contribution is 6.10. The van der Waals surface area contributed by atoms with E-state index in [-0.39, 0.29) is 0 Å². The quantitative estimate of drug-likeness (QED) is 0.279. The van der Waals surface area contributed by atoms with Gasteiger partial charge in [0.25, 0.3) is 0 Å². The molecule has 0 saturated heterocycles. The summed E-state index contributed by atoms with van der Waals surface area (Å²) < 4.78 is 2.40. The second-order valence-electron chi connectivity index (χ2n) is 8.35. The van der Waals surface area contributed by atoms with Gasteiger partial charge in [-0.15, -0.1) is 0 Å². The van der Waals surface area contributed by atoms with E-state index < -0.39 is 0 Å². The molecule has 0 aliphatic carbocycles. The van der Waals surface area contributed by atoms with E-state index in [2.05, 4.69) is 121 Å². The number of nitrogens with zero attached hydrogens (tertiary/aromatic N) is 2. The molecule has 2 nitrogen and oxygen atoms in total. The lowest BCUT2D eigenvalue weighted by Gasteiger charge is -2.06. The maximum Gasteiger partial charge on any atom is 0.0709 e. The van der Waals surface area contributed by atoms with Crippen molar-refractivity contribution in [1.82, 2.24) is 9.55 Å². The average Bonchev–Trinajstić information content (AvgIpc) is 3.22. The Labute approximate surface area is 193 Å². The van der Waals surface area contributed by atoms with Crippen LogP contribution in [-0.2, 0) is 6.54 Å². The molecule has 2 heteroatoms. The van der Waals surface area contributed by atoms with Crippen LogP contribution in [0.15, 0.2) is 115 Å². The van der Waals surface area contributed by atoms with Crippen LogP contribution >= 0.6 is 0 Å². The maximum absolute atomic E-state index is 4.99. The van der Waals surface area contributed by atoms with Crippen LogP contribution in [0, 0.1) is 0 Å². The van der Waals surface area contributed by atoms with Gasteiger partial charge in [0.1, 0.15) is 0 Å². The van der Waals surface area contributed by atoms with Gasteiger partial charge < -0.3 is 4.57 Å². The van der Waals surface area contributed by atoms with Crippen molar-refractivity contribution in [1.29, 1.82) is 0 Å². The molecule has 0 fully saturated rings. The zero-order chi connectivity index (χ0) is 22.2. The summed E-state index contributed by atoms with van der Waals surface area (Å²) in [5.74, 6) is 0. The summed E-state index contributed by atoms with van der Waals surface area (Å²) in [4.78, 5) is 4.99. The minimum atomic E-state index is 0.936. The average molecular weight is 425 g/mol. The topological polar surface area (TPSA) is 17.8 Å². The van der Waals surface area contributed by atoms with Crippen LogP contribution in [0.5, 0.6) is 0 Å². The molecule has 0 aliphatic heterocycles. The Hall–Kier alpha value is -4.17. The zero-order valence-electron chi connectivity index (χ0n) is 18.6. The molecule has 0 aliphatic rings. The van der Waals surface area contributed by atoms with Gasteiger partial charge in [0.2, 0.25) is 0 Å². The first-order valence-electron chi connectivity index (χ1n) is 11.5. The Morgan fingerprint density at radius 2 is 1.06 bits per heavy atom. The second kappa shape index (κ2) is 8.07. The first-order chi connectivity index (χ1) is 16.3. The van der Waals surface area contributed by atoms with Gasteiger partial charge in [-0.2, -0.15) is 0 Å². The van der Waals surface area contributed by atoms with Gasteiger partial charge in [-0.1, -0.05) is 78.9 Å². The fourth-order valence-corrected chi connectivity index (χ4v) is 4.78. The lowest BCUT2D eigenvalue weighted by molar-refractivity contribution is 0.827. The first-order valence-corrected chi connectivity index (χ1v) is 11.5. The molecular weight excluding hydrogens is 400 g/mol. The molecule has 0 spiro atoms. The minimum absolute atomic E-state index is 0.936. The number of aryl methyl sites for hydroxylation is 1. The molecule has 2 heterocycles. The molecule has 4 aromatic carbocycles. The van der Waals surface area contributed by atoms with Crippen LogP contribution in [0.25, 0.3) is 55.4 Å². The Morgan fingerprint density at radius 3 is 1.70 bits per heavy atom. The number of aromatic nitrogens is 2. The van der Waals surface area contributed by atoms with Crippen molar-refractivity contribution in [3.63, 3.8) is 0 Å². The molecule has 0 bridgehead atoms. The zero-order valence-corrected chi connectivity index (χ0v) is 18.6. The number of fused-ring (bicyclic) bond motifs is 3. The molecular formula is C31H24N2. The summed E-state index contributed by atoms with van der Waals surface area (Å²) in [6, 6.07) is 40.8. The van der Waals surface area contributed by atoms with Crippen LogP contribution in [0.4, 0.5) is 0 Å². The minimum Gasteiger partial charge on any atom is -0.341 e. The number of pyridine rings is 1.